The van der Waals surface area contributed by atoms with Crippen molar-refractivity contribution in [3.63, 3.8) is 0 Å². The Morgan fingerprint density at radius 2 is 2.04 bits per heavy atom. The van der Waals surface area contributed by atoms with E-state index in [1.165, 1.54) is 11.8 Å². The largest absolute Gasteiger partial charge is 0.344 e. The van der Waals surface area contributed by atoms with Crippen molar-refractivity contribution in [1.29, 1.82) is 0 Å². The molecule has 0 spiro atoms. The van der Waals surface area contributed by atoms with Crippen LogP contribution in [0.1, 0.15) is 18.9 Å². The van der Waals surface area contributed by atoms with Gasteiger partial charge in [0, 0.05) is 19.4 Å². The highest BCUT2D eigenvalue weighted by Gasteiger charge is 2.48. The Bertz CT molecular complexity index is 854. The number of carbonyl (C=O) groups excluding carboxylic acids is 3. The SMILES string of the molecule is Cn1ccnc1SCC(=O)NN1C(=O)N[C@@](C)(CCc2ccccc2)C1=O. The average molecular weight is 387 g/mol. The number of aromatic nitrogens is 2. The third-order valence-electron chi connectivity index (χ3n) is 4.36. The van der Waals surface area contributed by atoms with Crippen LogP contribution < -0.4 is 10.7 Å². The second kappa shape index (κ2) is 7.83. The summed E-state index contributed by atoms with van der Waals surface area (Å²) in [5.41, 5.74) is 2.42. The standard InChI is InChI=1S/C18H21N5O3S/c1-18(9-8-13-6-4-3-5-7-13)15(25)23(16(26)20-18)21-14(24)12-27-17-19-10-11-22(17)2/h3-7,10-11H,8-9,12H2,1-2H3,(H,20,26)(H,21,24)/t18-/m0/s1. The molecule has 3 rings (SSSR count). The molecule has 1 fully saturated rings. The minimum Gasteiger partial charge on any atom is -0.329 e. The Morgan fingerprint density at radius 3 is 2.70 bits per heavy atom. The Balaban J connectivity index is 1.56. The second-order valence-electron chi connectivity index (χ2n) is 6.53. The molecule has 8 nitrogen and oxygen atoms in total. The predicted molar refractivity (Wildman–Crippen MR) is 101 cm³/mol. The molecule has 0 radical (unpaired) electrons. The zero-order valence-corrected chi connectivity index (χ0v) is 16.0. The van der Waals surface area contributed by atoms with Gasteiger partial charge in [-0.25, -0.2) is 9.78 Å². The maximum atomic E-state index is 12.7. The van der Waals surface area contributed by atoms with Gasteiger partial charge in [-0.1, -0.05) is 42.1 Å². The van der Waals surface area contributed by atoms with Gasteiger partial charge in [-0.05, 0) is 25.3 Å². The maximum Gasteiger partial charge on any atom is 0.344 e. The van der Waals surface area contributed by atoms with Gasteiger partial charge in [-0.3, -0.25) is 15.0 Å². The lowest BCUT2D eigenvalue weighted by molar-refractivity contribution is -0.138. The minimum atomic E-state index is -1.05. The van der Waals surface area contributed by atoms with E-state index in [4.69, 9.17) is 0 Å². The van der Waals surface area contributed by atoms with Crippen molar-refractivity contribution < 1.29 is 14.4 Å². The van der Waals surface area contributed by atoms with Gasteiger partial charge in [0.1, 0.15) is 5.54 Å². The second-order valence-corrected chi connectivity index (χ2v) is 7.48. The average Bonchev–Trinajstić information content (AvgIpc) is 3.16. The summed E-state index contributed by atoms with van der Waals surface area (Å²) in [5, 5.41) is 4.13. The molecule has 4 amide bonds. The maximum absolute atomic E-state index is 12.7. The normalized spacial score (nSPS) is 19.3. The lowest BCUT2D eigenvalue weighted by Crippen LogP contribution is -2.49. The van der Waals surface area contributed by atoms with Gasteiger partial charge in [0.25, 0.3) is 5.91 Å². The quantitative estimate of drug-likeness (QED) is 0.554. The number of imidazole rings is 1. The Kier molecular flexibility index (Phi) is 5.50. The zero-order chi connectivity index (χ0) is 19.4. The van der Waals surface area contributed by atoms with E-state index in [9.17, 15) is 14.4 Å². The molecule has 142 valence electrons. The molecular weight excluding hydrogens is 366 g/mol. The van der Waals surface area contributed by atoms with E-state index in [2.05, 4.69) is 15.7 Å². The van der Waals surface area contributed by atoms with Crippen molar-refractivity contribution in [1.82, 2.24) is 25.3 Å². The van der Waals surface area contributed by atoms with Gasteiger partial charge in [0.05, 0.1) is 5.75 Å². The number of aryl methyl sites for hydroxylation is 2. The van der Waals surface area contributed by atoms with Gasteiger partial charge >= 0.3 is 6.03 Å². The monoisotopic (exact) mass is 387 g/mol. The fourth-order valence-corrected chi connectivity index (χ4v) is 3.50. The minimum absolute atomic E-state index is 0.0443. The Labute approximate surface area is 161 Å². The molecule has 1 aromatic heterocycles. The number of amides is 4. The molecule has 0 unspecified atom stereocenters. The summed E-state index contributed by atoms with van der Waals surface area (Å²) in [6.07, 6.45) is 4.49. The number of hydrogen-bond donors (Lipinski definition) is 2. The van der Waals surface area contributed by atoms with Crippen molar-refractivity contribution in [2.45, 2.75) is 30.5 Å². The molecule has 1 aromatic carbocycles. The lowest BCUT2D eigenvalue weighted by Gasteiger charge is -2.21. The first-order valence-corrected chi connectivity index (χ1v) is 9.48. The fourth-order valence-electron chi connectivity index (χ4n) is 2.77. The molecule has 27 heavy (non-hydrogen) atoms. The Hall–Kier alpha value is -2.81. The molecule has 0 bridgehead atoms. The van der Waals surface area contributed by atoms with Crippen molar-refractivity contribution in [3.8, 4) is 0 Å². The summed E-state index contributed by atoms with van der Waals surface area (Å²) < 4.78 is 1.78. The smallest absolute Gasteiger partial charge is 0.329 e. The van der Waals surface area contributed by atoms with E-state index >= 15 is 0 Å². The van der Waals surface area contributed by atoms with Crippen LogP contribution in [0.5, 0.6) is 0 Å². The molecule has 1 aliphatic rings. The highest BCUT2D eigenvalue weighted by molar-refractivity contribution is 7.99. The van der Waals surface area contributed by atoms with Crippen LogP contribution in [0.4, 0.5) is 4.79 Å². The number of hydrogen-bond acceptors (Lipinski definition) is 5. The molecule has 2 aromatic rings. The number of carbonyl (C=O) groups is 3. The van der Waals surface area contributed by atoms with Gasteiger partial charge in [0.15, 0.2) is 5.16 Å². The van der Waals surface area contributed by atoms with Crippen molar-refractivity contribution in [2.75, 3.05) is 5.75 Å². The van der Waals surface area contributed by atoms with Crippen LogP contribution in [0.3, 0.4) is 0 Å². The third-order valence-corrected chi connectivity index (χ3v) is 5.42. The zero-order valence-electron chi connectivity index (χ0n) is 15.1. The summed E-state index contributed by atoms with van der Waals surface area (Å²) in [6.45, 7) is 1.67. The number of thioether (sulfide) groups is 1. The van der Waals surface area contributed by atoms with Crippen LogP contribution in [-0.2, 0) is 23.1 Å². The third kappa shape index (κ3) is 4.30. The highest BCUT2D eigenvalue weighted by Crippen LogP contribution is 2.22. The number of urea groups is 1. The molecule has 0 saturated carbocycles. The summed E-state index contributed by atoms with van der Waals surface area (Å²) in [6, 6.07) is 9.11. The number of nitrogens with one attached hydrogen (secondary N) is 2. The van der Waals surface area contributed by atoms with E-state index in [1.54, 1.807) is 23.9 Å². The van der Waals surface area contributed by atoms with E-state index in [0.717, 1.165) is 10.6 Å². The van der Waals surface area contributed by atoms with Crippen LogP contribution in [0.25, 0.3) is 0 Å². The van der Waals surface area contributed by atoms with Crippen LogP contribution in [-0.4, -0.2) is 43.7 Å². The first-order chi connectivity index (χ1) is 12.9. The predicted octanol–water partition coefficient (Wildman–Crippen LogP) is 1.49. The van der Waals surface area contributed by atoms with Gasteiger partial charge in [0.2, 0.25) is 5.91 Å². The lowest BCUT2D eigenvalue weighted by atomic mass is 9.93. The summed E-state index contributed by atoms with van der Waals surface area (Å²) in [4.78, 5) is 41.1. The molecule has 2 N–H and O–H groups in total. The molecule has 1 aliphatic heterocycles. The number of rotatable bonds is 7. The van der Waals surface area contributed by atoms with Crippen LogP contribution in [0.15, 0.2) is 47.9 Å². The van der Waals surface area contributed by atoms with E-state index in [1.807, 2.05) is 37.4 Å². The molecule has 1 atom stereocenters. The van der Waals surface area contributed by atoms with Crippen molar-refractivity contribution in [2.24, 2.45) is 7.05 Å². The molecule has 2 heterocycles. The molecule has 9 heteroatoms. The van der Waals surface area contributed by atoms with Crippen LogP contribution >= 0.6 is 11.8 Å². The number of hydrazine groups is 1. The summed E-state index contributed by atoms with van der Waals surface area (Å²) >= 11 is 1.23. The van der Waals surface area contributed by atoms with Gasteiger partial charge in [-0.2, -0.15) is 5.01 Å². The van der Waals surface area contributed by atoms with E-state index < -0.39 is 23.4 Å². The summed E-state index contributed by atoms with van der Waals surface area (Å²) in [5.74, 6) is -0.861. The van der Waals surface area contributed by atoms with Crippen molar-refractivity contribution in [3.05, 3.63) is 48.3 Å². The number of imide groups is 1. The topological polar surface area (TPSA) is 96.3 Å². The Morgan fingerprint density at radius 1 is 1.30 bits per heavy atom. The van der Waals surface area contributed by atoms with Crippen LogP contribution in [0, 0.1) is 0 Å². The molecule has 1 saturated heterocycles. The fraction of sp³-hybridized carbons (Fsp3) is 0.333. The van der Waals surface area contributed by atoms with E-state index in [0.29, 0.717) is 18.0 Å². The number of benzene rings is 1. The van der Waals surface area contributed by atoms with Gasteiger partial charge in [-0.15, -0.1) is 0 Å². The number of nitrogens with zero attached hydrogens (tertiary/aromatic N) is 3. The molecular formula is C18H21N5O3S. The van der Waals surface area contributed by atoms with Crippen LogP contribution in [0.2, 0.25) is 0 Å². The van der Waals surface area contributed by atoms with E-state index in [-0.39, 0.29) is 5.75 Å². The summed E-state index contributed by atoms with van der Waals surface area (Å²) in [7, 11) is 1.82. The van der Waals surface area contributed by atoms with Crippen molar-refractivity contribution >= 4 is 29.6 Å². The first kappa shape index (κ1) is 19.0. The first-order valence-electron chi connectivity index (χ1n) is 8.49. The highest BCUT2D eigenvalue weighted by atomic mass is 32.2. The molecule has 0 aliphatic carbocycles. The van der Waals surface area contributed by atoms with Gasteiger partial charge < -0.3 is 9.88 Å².